The predicted molar refractivity (Wildman–Crippen MR) is 75.0 cm³/mol. The molecule has 1 saturated heterocycles. The molecule has 120 valence electrons. The van der Waals surface area contributed by atoms with Gasteiger partial charge in [0.2, 0.25) is 0 Å². The highest BCUT2D eigenvalue weighted by atomic mass is 19.4. The first-order chi connectivity index (χ1) is 9.74. The van der Waals surface area contributed by atoms with E-state index in [1.807, 2.05) is 20.2 Å². The maximum atomic E-state index is 12.4. The molecule has 1 aromatic heterocycles. The van der Waals surface area contributed by atoms with E-state index in [1.165, 1.54) is 4.90 Å². The van der Waals surface area contributed by atoms with E-state index in [9.17, 15) is 13.2 Å². The van der Waals surface area contributed by atoms with Crippen molar-refractivity contribution in [3.8, 4) is 0 Å². The molecule has 0 aliphatic carbocycles. The molecule has 2 unspecified atom stereocenters. The largest absolute Gasteiger partial charge is 0.401 e. The molecule has 0 aromatic carbocycles. The Bertz CT molecular complexity index is 469. The van der Waals surface area contributed by atoms with E-state index in [-0.39, 0.29) is 12.0 Å². The van der Waals surface area contributed by atoms with Crippen molar-refractivity contribution in [2.75, 3.05) is 26.2 Å². The lowest BCUT2D eigenvalue weighted by atomic mass is 10.1. The van der Waals surface area contributed by atoms with Gasteiger partial charge in [0, 0.05) is 31.4 Å². The first kappa shape index (κ1) is 16.3. The highest BCUT2D eigenvalue weighted by Crippen LogP contribution is 2.23. The van der Waals surface area contributed by atoms with Crippen LogP contribution in [0.2, 0.25) is 0 Å². The topological polar surface area (TPSA) is 33.1 Å². The van der Waals surface area contributed by atoms with Crippen molar-refractivity contribution in [3.63, 3.8) is 0 Å². The molecule has 1 aliphatic heterocycles. The Morgan fingerprint density at radius 2 is 2.19 bits per heavy atom. The number of nitrogens with one attached hydrogen (secondary N) is 1. The fourth-order valence-electron chi connectivity index (χ4n) is 2.97. The Hall–Kier alpha value is -1.08. The number of aromatic nitrogens is 2. The van der Waals surface area contributed by atoms with Gasteiger partial charge in [0.15, 0.2) is 0 Å². The van der Waals surface area contributed by atoms with Crippen LogP contribution in [0.1, 0.15) is 30.6 Å². The molecule has 1 aromatic rings. The summed E-state index contributed by atoms with van der Waals surface area (Å²) >= 11 is 0. The second-order valence-electron chi connectivity index (χ2n) is 5.98. The summed E-state index contributed by atoms with van der Waals surface area (Å²) in [4.78, 5) is 1.49. The van der Waals surface area contributed by atoms with Crippen LogP contribution in [-0.4, -0.2) is 47.0 Å². The summed E-state index contributed by atoms with van der Waals surface area (Å²) in [6.07, 6.45) is -1.29. The molecule has 0 saturated carbocycles. The molecule has 0 amide bonds. The number of likely N-dealkylation sites (tertiary alicyclic amines) is 1. The van der Waals surface area contributed by atoms with Gasteiger partial charge in [-0.1, -0.05) is 0 Å². The summed E-state index contributed by atoms with van der Waals surface area (Å²) in [5.41, 5.74) is 2.13. The van der Waals surface area contributed by atoms with Crippen LogP contribution >= 0.6 is 0 Å². The lowest BCUT2D eigenvalue weighted by Gasteiger charge is -2.19. The Morgan fingerprint density at radius 3 is 2.76 bits per heavy atom. The Kier molecular flexibility index (Phi) is 4.93. The van der Waals surface area contributed by atoms with Gasteiger partial charge in [0.05, 0.1) is 12.2 Å². The zero-order valence-electron chi connectivity index (χ0n) is 12.7. The third-order valence-corrected chi connectivity index (χ3v) is 4.00. The summed E-state index contributed by atoms with van der Waals surface area (Å²) in [6, 6.07) is 0.162. The minimum Gasteiger partial charge on any atom is -0.310 e. The van der Waals surface area contributed by atoms with Crippen LogP contribution in [0.4, 0.5) is 13.2 Å². The molecule has 21 heavy (non-hydrogen) atoms. The number of alkyl halides is 3. The summed E-state index contributed by atoms with van der Waals surface area (Å²) in [7, 11) is 1.88. The fourth-order valence-corrected chi connectivity index (χ4v) is 2.97. The van der Waals surface area contributed by atoms with Crippen LogP contribution in [0.15, 0.2) is 6.20 Å². The number of hydrogen-bond acceptors (Lipinski definition) is 3. The van der Waals surface area contributed by atoms with Crippen molar-refractivity contribution < 1.29 is 13.2 Å². The standard InChI is InChI=1S/C14H23F3N4/c1-10(13-8-20(3)19-11(13)2)18-6-12-4-5-21(7-12)9-14(15,16)17/h8,10,12,18H,4-7,9H2,1-3H3. The van der Waals surface area contributed by atoms with Crippen LogP contribution in [-0.2, 0) is 7.05 Å². The molecule has 0 bridgehead atoms. The molecule has 0 spiro atoms. The highest BCUT2D eigenvalue weighted by Gasteiger charge is 2.34. The summed E-state index contributed by atoms with van der Waals surface area (Å²) in [6.45, 7) is 5.03. The lowest BCUT2D eigenvalue weighted by Crippen LogP contribution is -2.34. The zero-order valence-corrected chi connectivity index (χ0v) is 12.7. The van der Waals surface area contributed by atoms with Crippen LogP contribution in [0.25, 0.3) is 0 Å². The third kappa shape index (κ3) is 4.71. The quantitative estimate of drug-likeness (QED) is 0.906. The van der Waals surface area contributed by atoms with Crippen LogP contribution in [0.5, 0.6) is 0 Å². The first-order valence-electron chi connectivity index (χ1n) is 7.27. The molecule has 1 fully saturated rings. The fraction of sp³-hybridized carbons (Fsp3) is 0.786. The summed E-state index contributed by atoms with van der Waals surface area (Å²) in [5, 5.41) is 7.72. The van der Waals surface area contributed by atoms with Crippen molar-refractivity contribution in [1.82, 2.24) is 20.0 Å². The SMILES string of the molecule is Cc1nn(C)cc1C(C)NCC1CCN(CC(F)(F)F)C1. The molecule has 0 radical (unpaired) electrons. The van der Waals surface area contributed by atoms with Crippen LogP contribution in [0, 0.1) is 12.8 Å². The summed E-state index contributed by atoms with van der Waals surface area (Å²) < 4.78 is 38.8. The van der Waals surface area contributed by atoms with Crippen LogP contribution in [0.3, 0.4) is 0 Å². The Morgan fingerprint density at radius 1 is 1.48 bits per heavy atom. The second kappa shape index (κ2) is 6.36. The van der Waals surface area contributed by atoms with Gasteiger partial charge in [0.25, 0.3) is 0 Å². The Balaban J connectivity index is 1.78. The minimum atomic E-state index is -4.09. The van der Waals surface area contributed by atoms with Gasteiger partial charge in [-0.2, -0.15) is 18.3 Å². The van der Waals surface area contributed by atoms with Crippen molar-refractivity contribution in [1.29, 1.82) is 0 Å². The van der Waals surface area contributed by atoms with Gasteiger partial charge in [-0.15, -0.1) is 0 Å². The molecular formula is C14H23F3N4. The summed E-state index contributed by atoms with van der Waals surface area (Å²) in [5.74, 6) is 0.284. The minimum absolute atomic E-state index is 0.162. The van der Waals surface area contributed by atoms with Crippen molar-refractivity contribution in [3.05, 3.63) is 17.5 Å². The average molecular weight is 304 g/mol. The zero-order chi connectivity index (χ0) is 15.6. The molecule has 1 aliphatic rings. The molecule has 2 atom stereocenters. The molecule has 2 rings (SSSR count). The average Bonchev–Trinajstić information content (AvgIpc) is 2.91. The van der Waals surface area contributed by atoms with E-state index in [1.54, 1.807) is 4.68 Å². The molecule has 4 nitrogen and oxygen atoms in total. The van der Waals surface area contributed by atoms with E-state index in [0.717, 1.165) is 24.2 Å². The molecule has 7 heteroatoms. The number of rotatable bonds is 5. The van der Waals surface area contributed by atoms with E-state index in [0.29, 0.717) is 13.1 Å². The maximum absolute atomic E-state index is 12.4. The molecule has 2 heterocycles. The van der Waals surface area contributed by atoms with Crippen molar-refractivity contribution in [2.24, 2.45) is 13.0 Å². The smallest absolute Gasteiger partial charge is 0.310 e. The van der Waals surface area contributed by atoms with Gasteiger partial charge < -0.3 is 5.32 Å². The third-order valence-electron chi connectivity index (χ3n) is 4.00. The van der Waals surface area contributed by atoms with Crippen LogP contribution < -0.4 is 5.32 Å². The van der Waals surface area contributed by atoms with Crippen molar-refractivity contribution in [2.45, 2.75) is 32.5 Å². The first-order valence-corrected chi connectivity index (χ1v) is 7.27. The number of halogens is 3. The Labute approximate surface area is 123 Å². The van der Waals surface area contributed by atoms with Gasteiger partial charge in [-0.3, -0.25) is 9.58 Å². The highest BCUT2D eigenvalue weighted by molar-refractivity contribution is 5.19. The second-order valence-corrected chi connectivity index (χ2v) is 5.98. The van der Waals surface area contributed by atoms with E-state index in [4.69, 9.17) is 0 Å². The maximum Gasteiger partial charge on any atom is 0.401 e. The van der Waals surface area contributed by atoms with Crippen molar-refractivity contribution >= 4 is 0 Å². The van der Waals surface area contributed by atoms with Gasteiger partial charge >= 0.3 is 6.18 Å². The van der Waals surface area contributed by atoms with Gasteiger partial charge in [-0.05, 0) is 39.3 Å². The molecular weight excluding hydrogens is 281 g/mol. The predicted octanol–water partition coefficient (Wildman–Crippen LogP) is 2.26. The monoisotopic (exact) mass is 304 g/mol. The number of hydrogen-bond donors (Lipinski definition) is 1. The van der Waals surface area contributed by atoms with E-state index < -0.39 is 12.7 Å². The van der Waals surface area contributed by atoms with Gasteiger partial charge in [0.1, 0.15) is 0 Å². The van der Waals surface area contributed by atoms with E-state index in [2.05, 4.69) is 17.3 Å². The van der Waals surface area contributed by atoms with Gasteiger partial charge in [-0.25, -0.2) is 0 Å². The lowest BCUT2D eigenvalue weighted by molar-refractivity contribution is -0.143. The molecule has 1 N–H and O–H groups in total. The van der Waals surface area contributed by atoms with E-state index >= 15 is 0 Å². The number of nitrogens with zero attached hydrogens (tertiary/aromatic N) is 3. The normalized spacial score (nSPS) is 21.9. The number of aryl methyl sites for hydroxylation is 2.